The van der Waals surface area contributed by atoms with E-state index in [4.69, 9.17) is 4.74 Å². The number of rotatable bonds is 3. The highest BCUT2D eigenvalue weighted by atomic mass is 16.5. The molecule has 3 amide bonds. The predicted molar refractivity (Wildman–Crippen MR) is 222 cm³/mol. The Labute approximate surface area is 337 Å². The smallest absolute Gasteiger partial charge is 0.243 e. The molecule has 2 heterocycles. The lowest BCUT2D eigenvalue weighted by Crippen LogP contribution is -2.61. The van der Waals surface area contributed by atoms with Crippen molar-refractivity contribution in [1.29, 1.82) is 0 Å². The maximum Gasteiger partial charge on any atom is 0.243 e. The van der Waals surface area contributed by atoms with Gasteiger partial charge in [0.1, 0.15) is 5.75 Å². The monoisotopic (exact) mass is 766 g/mol. The number of carbonyl (C=O) groups is 3. The van der Waals surface area contributed by atoms with Gasteiger partial charge in [-0.3, -0.25) is 14.4 Å². The molecule has 0 spiro atoms. The molecule has 0 bridgehead atoms. The van der Waals surface area contributed by atoms with E-state index >= 15 is 0 Å². The van der Waals surface area contributed by atoms with Crippen LogP contribution in [0.25, 0.3) is 0 Å². The van der Waals surface area contributed by atoms with E-state index in [1.54, 1.807) is 12.2 Å². The minimum atomic E-state index is -0.167. The summed E-state index contributed by atoms with van der Waals surface area (Å²) in [5.74, 6) is 6.26. The van der Waals surface area contributed by atoms with Crippen LogP contribution in [0.2, 0.25) is 0 Å². The highest BCUT2D eigenvalue weighted by Gasteiger charge is 2.62. The number of ether oxygens (including phenoxy) is 1. The zero-order valence-electron chi connectivity index (χ0n) is 35.9. The van der Waals surface area contributed by atoms with Crippen LogP contribution in [0.4, 0.5) is 0 Å². The number of amides is 3. The summed E-state index contributed by atoms with van der Waals surface area (Å²) in [6.45, 7) is 20.4. The van der Waals surface area contributed by atoms with Crippen LogP contribution in [0, 0.1) is 75.9 Å². The summed E-state index contributed by atoms with van der Waals surface area (Å²) < 4.78 is 6.48. The van der Waals surface area contributed by atoms with Gasteiger partial charge in [-0.2, -0.15) is 0 Å². The molecular formula is C49H71N3O4. The highest BCUT2D eigenvalue weighted by Crippen LogP contribution is 2.66. The van der Waals surface area contributed by atoms with Gasteiger partial charge >= 0.3 is 0 Å². The van der Waals surface area contributed by atoms with Crippen molar-refractivity contribution in [3.05, 3.63) is 54.1 Å². The quantitative estimate of drug-likeness (QED) is 0.286. The minimum absolute atomic E-state index is 0.0661. The molecule has 8 aliphatic rings. The predicted octanol–water partition coefficient (Wildman–Crippen LogP) is 9.10. The van der Waals surface area contributed by atoms with Gasteiger partial charge < -0.3 is 20.7 Å². The van der Waals surface area contributed by atoms with E-state index in [1.165, 1.54) is 50.5 Å². The standard InChI is InChI=1S/C26H35NO2.C23H36N2O2/c1-16-5-7-18(8-6-16)29-19-14-21-24-17(2)13-22-26(4,12-10-23(28)27-22)20(24)9-11-25(21,3)15-19;1-21(2,3)25-20(27)17-8-7-15-14-6-9-18-23(5,13-11-19(26)24-18)16(14)10-12-22(15,17)4/h5-8,10,12,17,19-22,24H,9,11,13-15H2,1-4H3,(H,27,28);11,13-18H,6-10,12H2,1-5H3,(H,24,26)(H,25,27)/t17-,19-,20-,21-,22+,24+,25+,26+;14-,15-,16-,17+,18+,22-,23+/m00/s1. The molecule has 9 rings (SSSR count). The second kappa shape index (κ2) is 14.0. The van der Waals surface area contributed by atoms with E-state index in [2.05, 4.69) is 115 Å². The third-order valence-corrected chi connectivity index (χ3v) is 17.6. The van der Waals surface area contributed by atoms with Crippen LogP contribution in [0.5, 0.6) is 5.75 Å². The SMILES string of the molecule is CC(C)(C)NC(=O)[C@H]1CC[C@H]2[C@@H]3CC[C@H]4NC(=O)C=C[C@]4(C)[C@H]3CC[C@]12C.Cc1ccc(O[C@H]2C[C@H]3[C@@H]4[C@@H](C)C[C@H]5NC(=O)C=C[C@]5(C)[C@H]4CC[C@]3(C)C2)cc1. The van der Waals surface area contributed by atoms with Crippen LogP contribution >= 0.6 is 0 Å². The summed E-state index contributed by atoms with van der Waals surface area (Å²) >= 11 is 0. The third kappa shape index (κ3) is 6.77. The number of aryl methyl sites for hydroxylation is 1. The fourth-order valence-corrected chi connectivity index (χ4v) is 14.8. The normalized spacial score (nSPS) is 45.9. The van der Waals surface area contributed by atoms with Crippen LogP contribution in [0.1, 0.15) is 132 Å². The highest BCUT2D eigenvalue weighted by molar-refractivity contribution is 5.89. The molecule has 6 fully saturated rings. The Balaban J connectivity index is 0.000000158. The van der Waals surface area contributed by atoms with E-state index in [0.717, 1.165) is 43.3 Å². The van der Waals surface area contributed by atoms with Crippen LogP contribution in [-0.2, 0) is 14.4 Å². The topological polar surface area (TPSA) is 96.5 Å². The number of fused-ring (bicyclic) bond motifs is 10. The maximum absolute atomic E-state index is 13.0. The van der Waals surface area contributed by atoms with Crippen molar-refractivity contribution in [2.24, 2.45) is 69.0 Å². The largest absolute Gasteiger partial charge is 0.490 e. The summed E-state index contributed by atoms with van der Waals surface area (Å²) in [5, 5.41) is 9.76. The Morgan fingerprint density at radius 1 is 0.768 bits per heavy atom. The van der Waals surface area contributed by atoms with Gasteiger partial charge in [-0.1, -0.05) is 64.5 Å². The van der Waals surface area contributed by atoms with Crippen LogP contribution in [-0.4, -0.2) is 41.4 Å². The Hall–Kier alpha value is -3.09. The Kier molecular flexibility index (Phi) is 9.96. The van der Waals surface area contributed by atoms with Gasteiger partial charge in [-0.05, 0) is 175 Å². The van der Waals surface area contributed by atoms with E-state index in [1.807, 2.05) is 0 Å². The van der Waals surface area contributed by atoms with E-state index in [0.29, 0.717) is 47.2 Å². The first-order valence-electron chi connectivity index (χ1n) is 22.4. The van der Waals surface area contributed by atoms with Crippen molar-refractivity contribution in [1.82, 2.24) is 16.0 Å². The second-order valence-electron chi connectivity index (χ2n) is 22.1. The van der Waals surface area contributed by atoms with Gasteiger partial charge in [0.05, 0.1) is 6.10 Å². The summed E-state index contributed by atoms with van der Waals surface area (Å²) in [7, 11) is 0. The van der Waals surface area contributed by atoms with Crippen molar-refractivity contribution in [3.63, 3.8) is 0 Å². The summed E-state index contributed by atoms with van der Waals surface area (Å²) in [6, 6.07) is 9.09. The van der Waals surface area contributed by atoms with Gasteiger partial charge in [0.25, 0.3) is 0 Å². The maximum atomic E-state index is 13.0. The summed E-state index contributed by atoms with van der Waals surface area (Å²) in [5.41, 5.74) is 1.79. The molecule has 15 atom stereocenters. The zero-order chi connectivity index (χ0) is 40.0. The van der Waals surface area contributed by atoms with Crippen molar-refractivity contribution in [2.45, 2.75) is 157 Å². The molecule has 6 saturated carbocycles. The lowest BCUT2D eigenvalue weighted by Gasteiger charge is -2.60. The Bertz CT molecular complexity index is 1760. The van der Waals surface area contributed by atoms with Crippen LogP contribution < -0.4 is 20.7 Å². The molecule has 0 unspecified atom stereocenters. The first-order chi connectivity index (χ1) is 26.3. The second-order valence-corrected chi connectivity index (χ2v) is 22.1. The fraction of sp³-hybridized carbons (Fsp3) is 0.735. The molecule has 1 aromatic carbocycles. The molecular weight excluding hydrogens is 695 g/mol. The van der Waals surface area contributed by atoms with Crippen molar-refractivity contribution >= 4 is 17.7 Å². The number of carbonyl (C=O) groups excluding carboxylic acids is 3. The molecule has 7 heteroatoms. The van der Waals surface area contributed by atoms with Crippen molar-refractivity contribution in [3.8, 4) is 5.75 Å². The van der Waals surface area contributed by atoms with Gasteiger partial charge in [0.15, 0.2) is 0 Å². The summed E-state index contributed by atoms with van der Waals surface area (Å²) in [4.78, 5) is 36.9. The third-order valence-electron chi connectivity index (χ3n) is 17.6. The Morgan fingerprint density at radius 2 is 1.41 bits per heavy atom. The molecule has 306 valence electrons. The zero-order valence-corrected chi connectivity index (χ0v) is 35.9. The molecule has 56 heavy (non-hydrogen) atoms. The number of benzene rings is 1. The molecule has 2 aliphatic heterocycles. The van der Waals surface area contributed by atoms with Crippen LogP contribution in [0.15, 0.2) is 48.6 Å². The van der Waals surface area contributed by atoms with Crippen LogP contribution in [0.3, 0.4) is 0 Å². The minimum Gasteiger partial charge on any atom is -0.490 e. The molecule has 1 aromatic rings. The lowest BCUT2D eigenvalue weighted by atomic mass is 9.46. The summed E-state index contributed by atoms with van der Waals surface area (Å²) in [6.07, 6.45) is 21.1. The van der Waals surface area contributed by atoms with Crippen molar-refractivity contribution in [2.75, 3.05) is 0 Å². The van der Waals surface area contributed by atoms with Gasteiger partial charge in [-0.15, -0.1) is 0 Å². The molecule has 7 nitrogen and oxygen atoms in total. The van der Waals surface area contributed by atoms with Gasteiger partial charge in [0, 0.05) is 34.4 Å². The van der Waals surface area contributed by atoms with E-state index in [9.17, 15) is 14.4 Å². The molecule has 0 aromatic heterocycles. The van der Waals surface area contributed by atoms with Gasteiger partial charge in [0.2, 0.25) is 17.7 Å². The Morgan fingerprint density at radius 3 is 2.09 bits per heavy atom. The van der Waals surface area contributed by atoms with E-state index in [-0.39, 0.29) is 51.5 Å². The molecule has 6 aliphatic carbocycles. The first kappa shape index (κ1) is 39.7. The lowest BCUT2D eigenvalue weighted by molar-refractivity contribution is -0.135. The average molecular weight is 766 g/mol. The molecule has 3 N–H and O–H groups in total. The number of hydrogen-bond acceptors (Lipinski definition) is 4. The molecule has 0 radical (unpaired) electrons. The number of nitrogens with one attached hydrogen (secondary N) is 3. The first-order valence-corrected chi connectivity index (χ1v) is 22.4. The van der Waals surface area contributed by atoms with Crippen molar-refractivity contribution < 1.29 is 19.1 Å². The van der Waals surface area contributed by atoms with Gasteiger partial charge in [-0.25, -0.2) is 0 Å². The molecule has 0 saturated heterocycles. The fourth-order valence-electron chi connectivity index (χ4n) is 14.8. The average Bonchev–Trinajstić information content (AvgIpc) is 3.66. The number of hydrogen-bond donors (Lipinski definition) is 3. The van der Waals surface area contributed by atoms with E-state index < -0.39 is 0 Å².